The molecule has 2 N–H and O–H groups in total. The number of amides is 1. The van der Waals surface area contributed by atoms with E-state index < -0.39 is 4.92 Å². The van der Waals surface area contributed by atoms with Crippen LogP contribution in [0.15, 0.2) is 30.3 Å². The summed E-state index contributed by atoms with van der Waals surface area (Å²) in [5.41, 5.74) is 2.31. The molecule has 1 aromatic carbocycles. The Balaban J connectivity index is 2.06. The fourth-order valence-electron chi connectivity index (χ4n) is 2.25. The van der Waals surface area contributed by atoms with E-state index in [1.54, 1.807) is 12.1 Å². The highest BCUT2D eigenvalue weighted by atomic mass is 16.6. The number of hydrogen-bond acceptors (Lipinski definition) is 4. The molecule has 1 amide bonds. The van der Waals surface area contributed by atoms with Crippen LogP contribution in [0.2, 0.25) is 0 Å². The van der Waals surface area contributed by atoms with Crippen LogP contribution in [0.25, 0.3) is 0 Å². The number of non-ortho nitro benzene ring substituents is 1. The second-order valence-corrected chi connectivity index (χ2v) is 5.10. The van der Waals surface area contributed by atoms with Gasteiger partial charge < -0.3 is 5.32 Å². The van der Waals surface area contributed by atoms with E-state index in [2.05, 4.69) is 15.5 Å². The van der Waals surface area contributed by atoms with Gasteiger partial charge in [-0.15, -0.1) is 0 Å². The van der Waals surface area contributed by atoms with E-state index in [1.165, 1.54) is 12.1 Å². The Morgan fingerprint density at radius 2 is 2.23 bits per heavy atom. The summed E-state index contributed by atoms with van der Waals surface area (Å²) in [7, 11) is 0. The maximum absolute atomic E-state index is 12.1. The molecule has 2 aromatic rings. The summed E-state index contributed by atoms with van der Waals surface area (Å²) in [5, 5.41) is 20.5. The van der Waals surface area contributed by atoms with Crippen molar-refractivity contribution >= 4 is 11.6 Å². The van der Waals surface area contributed by atoms with Gasteiger partial charge in [-0.3, -0.25) is 20.0 Å². The predicted octanol–water partition coefficient (Wildman–Crippen LogP) is 2.44. The summed E-state index contributed by atoms with van der Waals surface area (Å²) in [6.45, 7) is 3.79. The number of carbonyl (C=O) groups is 1. The van der Waals surface area contributed by atoms with Crippen LogP contribution in [-0.2, 0) is 11.2 Å². The number of H-pyrrole nitrogens is 1. The molecule has 1 aromatic heterocycles. The number of nitrogens with one attached hydrogen (secondary N) is 2. The molecular formula is C15H18N4O3. The molecule has 0 aliphatic carbocycles. The van der Waals surface area contributed by atoms with Crippen molar-refractivity contribution in [2.24, 2.45) is 0 Å². The van der Waals surface area contributed by atoms with Gasteiger partial charge in [0.1, 0.15) is 0 Å². The monoisotopic (exact) mass is 302 g/mol. The molecule has 2 rings (SSSR count). The Morgan fingerprint density at radius 3 is 2.82 bits per heavy atom. The van der Waals surface area contributed by atoms with Crippen LogP contribution in [0, 0.1) is 17.0 Å². The Hall–Kier alpha value is -2.70. The van der Waals surface area contributed by atoms with E-state index >= 15 is 0 Å². The van der Waals surface area contributed by atoms with E-state index in [1.807, 2.05) is 19.9 Å². The highest BCUT2D eigenvalue weighted by Crippen LogP contribution is 2.21. The van der Waals surface area contributed by atoms with Gasteiger partial charge in [0.25, 0.3) is 5.69 Å². The summed E-state index contributed by atoms with van der Waals surface area (Å²) in [4.78, 5) is 22.5. The maximum Gasteiger partial charge on any atom is 0.269 e. The fourth-order valence-corrected chi connectivity index (χ4v) is 2.25. The Morgan fingerprint density at radius 1 is 1.45 bits per heavy atom. The van der Waals surface area contributed by atoms with Crippen molar-refractivity contribution in [3.63, 3.8) is 0 Å². The highest BCUT2D eigenvalue weighted by molar-refractivity contribution is 5.78. The summed E-state index contributed by atoms with van der Waals surface area (Å²) in [6, 6.07) is 7.89. The lowest BCUT2D eigenvalue weighted by Gasteiger charge is -2.17. The average Bonchev–Trinajstić information content (AvgIpc) is 2.90. The third kappa shape index (κ3) is 3.91. The zero-order valence-electron chi connectivity index (χ0n) is 12.5. The quantitative estimate of drug-likeness (QED) is 0.632. The molecule has 0 spiro atoms. The van der Waals surface area contributed by atoms with Gasteiger partial charge in [-0.25, -0.2) is 0 Å². The standard InChI is InChI=1S/C15H18N4O3/c1-3-14(11-5-4-6-13(8-11)19(21)22)16-15(20)9-12-7-10(2)17-18-12/h4-8,14H,3,9H2,1-2H3,(H,16,20)(H,17,18)/t14-/m0/s1. The number of carbonyl (C=O) groups excluding carboxylic acids is 1. The van der Waals surface area contributed by atoms with E-state index in [0.717, 1.165) is 11.3 Å². The fraction of sp³-hybridized carbons (Fsp3) is 0.333. The number of rotatable bonds is 6. The topological polar surface area (TPSA) is 101 Å². The lowest BCUT2D eigenvalue weighted by atomic mass is 10.0. The van der Waals surface area contributed by atoms with E-state index in [9.17, 15) is 14.9 Å². The van der Waals surface area contributed by atoms with Crippen molar-refractivity contribution in [2.75, 3.05) is 0 Å². The van der Waals surface area contributed by atoms with Crippen LogP contribution in [0.4, 0.5) is 5.69 Å². The van der Waals surface area contributed by atoms with Crippen LogP contribution < -0.4 is 5.32 Å². The molecule has 0 unspecified atom stereocenters. The molecule has 0 saturated heterocycles. The molecule has 0 saturated carbocycles. The van der Waals surface area contributed by atoms with Gasteiger partial charge in [0.05, 0.1) is 23.1 Å². The summed E-state index contributed by atoms with van der Waals surface area (Å²) in [5.74, 6) is -0.162. The molecule has 116 valence electrons. The number of nitrogens with zero attached hydrogens (tertiary/aromatic N) is 2. The van der Waals surface area contributed by atoms with Crippen molar-refractivity contribution < 1.29 is 9.72 Å². The molecule has 0 radical (unpaired) electrons. The molecule has 1 atom stereocenters. The third-order valence-corrected chi connectivity index (χ3v) is 3.33. The molecular weight excluding hydrogens is 284 g/mol. The summed E-state index contributed by atoms with van der Waals surface area (Å²) >= 11 is 0. The molecule has 0 aliphatic rings. The zero-order chi connectivity index (χ0) is 16.1. The van der Waals surface area contributed by atoms with Crippen LogP contribution in [0.5, 0.6) is 0 Å². The van der Waals surface area contributed by atoms with E-state index in [0.29, 0.717) is 12.1 Å². The van der Waals surface area contributed by atoms with E-state index in [4.69, 9.17) is 0 Å². The lowest BCUT2D eigenvalue weighted by Crippen LogP contribution is -2.29. The molecule has 0 fully saturated rings. The SMILES string of the molecule is CC[C@H](NC(=O)Cc1cc(C)[nH]n1)c1cccc([N+](=O)[O-])c1. The van der Waals surface area contributed by atoms with Crippen LogP contribution in [0.3, 0.4) is 0 Å². The number of aromatic amines is 1. The van der Waals surface area contributed by atoms with Gasteiger partial charge in [0.15, 0.2) is 0 Å². The first-order chi connectivity index (χ1) is 10.5. The normalized spacial score (nSPS) is 11.9. The predicted molar refractivity (Wildman–Crippen MR) is 81.3 cm³/mol. The first kappa shape index (κ1) is 15.7. The number of nitro groups is 1. The zero-order valence-corrected chi connectivity index (χ0v) is 12.5. The smallest absolute Gasteiger partial charge is 0.269 e. The Bertz CT molecular complexity index is 681. The second-order valence-electron chi connectivity index (χ2n) is 5.10. The molecule has 0 aliphatic heterocycles. The number of aromatic nitrogens is 2. The number of benzene rings is 1. The lowest BCUT2D eigenvalue weighted by molar-refractivity contribution is -0.384. The van der Waals surface area contributed by atoms with Gasteiger partial charge >= 0.3 is 0 Å². The van der Waals surface area contributed by atoms with Crippen LogP contribution in [0.1, 0.15) is 36.3 Å². The van der Waals surface area contributed by atoms with Crippen LogP contribution >= 0.6 is 0 Å². The third-order valence-electron chi connectivity index (χ3n) is 3.33. The maximum atomic E-state index is 12.1. The van der Waals surface area contributed by atoms with Gasteiger partial charge in [0.2, 0.25) is 5.91 Å². The second kappa shape index (κ2) is 6.84. The van der Waals surface area contributed by atoms with Gasteiger partial charge in [-0.2, -0.15) is 5.10 Å². The van der Waals surface area contributed by atoms with Crippen LogP contribution in [-0.4, -0.2) is 21.0 Å². The van der Waals surface area contributed by atoms with Gasteiger partial charge in [0, 0.05) is 17.8 Å². The molecule has 22 heavy (non-hydrogen) atoms. The van der Waals surface area contributed by atoms with E-state index in [-0.39, 0.29) is 24.1 Å². The van der Waals surface area contributed by atoms with Crippen molar-refractivity contribution in [1.29, 1.82) is 0 Å². The molecule has 0 bridgehead atoms. The molecule has 7 nitrogen and oxygen atoms in total. The summed E-state index contributed by atoms with van der Waals surface area (Å²) < 4.78 is 0. The average molecular weight is 302 g/mol. The molecule has 1 heterocycles. The van der Waals surface area contributed by atoms with Crippen molar-refractivity contribution in [3.8, 4) is 0 Å². The van der Waals surface area contributed by atoms with Crippen molar-refractivity contribution in [3.05, 3.63) is 57.4 Å². The number of nitro benzene ring substituents is 1. The minimum absolute atomic E-state index is 0.0214. The largest absolute Gasteiger partial charge is 0.349 e. The number of hydrogen-bond donors (Lipinski definition) is 2. The summed E-state index contributed by atoms with van der Waals surface area (Å²) in [6.07, 6.45) is 0.822. The molecule has 7 heteroatoms. The Kier molecular flexibility index (Phi) is 4.88. The minimum atomic E-state index is -0.440. The van der Waals surface area contributed by atoms with Gasteiger partial charge in [-0.1, -0.05) is 19.1 Å². The van der Waals surface area contributed by atoms with Gasteiger partial charge in [-0.05, 0) is 25.0 Å². The van der Waals surface area contributed by atoms with Crippen molar-refractivity contribution in [2.45, 2.75) is 32.7 Å². The highest BCUT2D eigenvalue weighted by Gasteiger charge is 2.16. The van der Waals surface area contributed by atoms with Crippen molar-refractivity contribution in [1.82, 2.24) is 15.5 Å². The first-order valence-corrected chi connectivity index (χ1v) is 7.04. The first-order valence-electron chi connectivity index (χ1n) is 7.04. The number of aryl methyl sites for hydroxylation is 1. The Labute approximate surface area is 127 Å². The minimum Gasteiger partial charge on any atom is -0.349 e.